The van der Waals surface area contributed by atoms with E-state index in [0.717, 1.165) is 23.3 Å². The minimum Gasteiger partial charge on any atom is -0.437 e. The molecule has 3 aromatic rings. The molecule has 1 N–H and O–H groups in total. The highest BCUT2D eigenvalue weighted by atomic mass is 127. The zero-order chi connectivity index (χ0) is 24.5. The fourth-order valence-electron chi connectivity index (χ4n) is 3.51. The molecule has 0 amide bonds. The van der Waals surface area contributed by atoms with Crippen molar-refractivity contribution in [2.45, 2.75) is 32.5 Å². The van der Waals surface area contributed by atoms with Gasteiger partial charge in [0.25, 0.3) is 5.88 Å². The molecule has 0 saturated heterocycles. The van der Waals surface area contributed by atoms with Gasteiger partial charge >= 0.3 is 6.18 Å². The highest BCUT2D eigenvalue weighted by Crippen LogP contribution is 2.34. The topological polar surface area (TPSA) is 68.6 Å². The number of ether oxygens (including phenoxy) is 1. The average Bonchev–Trinajstić information content (AvgIpc) is 2.78. The van der Waals surface area contributed by atoms with Gasteiger partial charge in [-0.05, 0) is 72.2 Å². The Hall–Kier alpha value is -2.44. The molecule has 1 atom stereocenters. The summed E-state index contributed by atoms with van der Waals surface area (Å²) < 4.78 is 45.5. The normalized spacial score (nSPS) is 16.1. The largest absolute Gasteiger partial charge is 0.437 e. The van der Waals surface area contributed by atoms with E-state index in [0.29, 0.717) is 28.0 Å². The van der Waals surface area contributed by atoms with Crippen LogP contribution in [0.15, 0.2) is 47.5 Å². The first-order valence-corrected chi connectivity index (χ1v) is 11.7. The third kappa shape index (κ3) is 5.61. The van der Waals surface area contributed by atoms with Crippen LogP contribution in [0.2, 0.25) is 5.15 Å². The van der Waals surface area contributed by atoms with Crippen LogP contribution in [-0.2, 0) is 17.4 Å². The van der Waals surface area contributed by atoms with Crippen molar-refractivity contribution in [3.8, 4) is 11.6 Å². The molecule has 0 unspecified atom stereocenters. The van der Waals surface area contributed by atoms with E-state index >= 15 is 0 Å². The summed E-state index contributed by atoms with van der Waals surface area (Å²) in [5.41, 5.74) is 5.75. The van der Waals surface area contributed by atoms with Crippen LogP contribution in [0.1, 0.15) is 27.8 Å². The standard InChI is InChI=1S/C23H19ClF3IN4O2/c1-12-6-7-14(13(2)8-12)9-16-11-33-32-21(29-16)18-19(28)20(24)30-31-22(18)34-17-5-3-4-15(10-17)23(25,26)27/h3-8,10,16H,9,11H2,1-2H3,(H,29,32)/t16-/m1/s1. The zero-order valence-electron chi connectivity index (χ0n) is 18.1. The highest BCUT2D eigenvalue weighted by molar-refractivity contribution is 14.1. The Labute approximate surface area is 212 Å². The van der Waals surface area contributed by atoms with Crippen molar-refractivity contribution < 1.29 is 22.7 Å². The Morgan fingerprint density at radius 1 is 1.18 bits per heavy atom. The lowest BCUT2D eigenvalue weighted by Crippen LogP contribution is -2.37. The quantitative estimate of drug-likeness (QED) is 0.360. The predicted molar refractivity (Wildman–Crippen MR) is 130 cm³/mol. The van der Waals surface area contributed by atoms with Crippen molar-refractivity contribution in [3.63, 3.8) is 0 Å². The zero-order valence-corrected chi connectivity index (χ0v) is 21.0. The van der Waals surface area contributed by atoms with E-state index in [1.54, 1.807) is 0 Å². The summed E-state index contributed by atoms with van der Waals surface area (Å²) in [6.45, 7) is 4.42. The van der Waals surface area contributed by atoms with E-state index in [-0.39, 0.29) is 22.8 Å². The number of aromatic nitrogens is 2. The van der Waals surface area contributed by atoms with Crippen molar-refractivity contribution >= 4 is 40.0 Å². The molecule has 0 spiro atoms. The SMILES string of the molecule is Cc1ccc(C[C@@H]2CONC(c3c(Oc4cccc(C(F)(F)F)c4)nnc(Cl)c3I)=N2)c(C)c1. The summed E-state index contributed by atoms with van der Waals surface area (Å²) in [6, 6.07) is 10.5. The maximum Gasteiger partial charge on any atom is 0.416 e. The molecule has 34 heavy (non-hydrogen) atoms. The number of hydroxylamine groups is 1. The first-order chi connectivity index (χ1) is 16.1. The lowest BCUT2D eigenvalue weighted by Gasteiger charge is -2.24. The van der Waals surface area contributed by atoms with E-state index in [1.165, 1.54) is 17.7 Å². The van der Waals surface area contributed by atoms with Gasteiger partial charge in [0.15, 0.2) is 11.0 Å². The molecule has 1 aliphatic rings. The van der Waals surface area contributed by atoms with Gasteiger partial charge in [-0.25, -0.2) is 5.48 Å². The van der Waals surface area contributed by atoms with Crippen LogP contribution in [0, 0.1) is 17.4 Å². The third-order valence-electron chi connectivity index (χ3n) is 5.17. The summed E-state index contributed by atoms with van der Waals surface area (Å²) in [7, 11) is 0. The fourth-order valence-corrected chi connectivity index (χ4v) is 4.23. The molecular weight excluding hydrogens is 584 g/mol. The molecule has 0 bridgehead atoms. The highest BCUT2D eigenvalue weighted by Gasteiger charge is 2.31. The Balaban J connectivity index is 1.67. The monoisotopic (exact) mass is 602 g/mol. The number of halogens is 5. The minimum atomic E-state index is -4.51. The molecule has 0 aliphatic carbocycles. The maximum atomic E-state index is 13.1. The number of hydrogen-bond acceptors (Lipinski definition) is 6. The molecule has 2 aromatic carbocycles. The number of benzene rings is 2. The van der Waals surface area contributed by atoms with Gasteiger partial charge in [-0.3, -0.25) is 9.83 Å². The van der Waals surface area contributed by atoms with Gasteiger partial charge in [-0.2, -0.15) is 13.2 Å². The van der Waals surface area contributed by atoms with E-state index in [4.69, 9.17) is 26.2 Å². The fraction of sp³-hybridized carbons (Fsp3) is 0.261. The number of rotatable bonds is 5. The number of hydrogen-bond donors (Lipinski definition) is 1. The Kier molecular flexibility index (Phi) is 7.29. The van der Waals surface area contributed by atoms with Gasteiger partial charge in [-0.15, -0.1) is 10.2 Å². The summed E-state index contributed by atoms with van der Waals surface area (Å²) in [6.07, 6.45) is -3.86. The molecule has 4 rings (SSSR count). The molecule has 6 nitrogen and oxygen atoms in total. The summed E-state index contributed by atoms with van der Waals surface area (Å²) in [5.74, 6) is 0.215. The molecule has 0 saturated carbocycles. The molecule has 0 fully saturated rings. The molecule has 1 aliphatic heterocycles. The van der Waals surface area contributed by atoms with Gasteiger partial charge in [0.05, 0.1) is 27.3 Å². The predicted octanol–water partition coefficient (Wildman–Crippen LogP) is 6.06. The van der Waals surface area contributed by atoms with Gasteiger partial charge < -0.3 is 4.74 Å². The van der Waals surface area contributed by atoms with Gasteiger partial charge in [0.1, 0.15) is 5.75 Å². The first kappa shape index (κ1) is 24.7. The Morgan fingerprint density at radius 2 is 1.97 bits per heavy atom. The number of amidine groups is 1. The average molecular weight is 603 g/mol. The molecule has 11 heteroatoms. The van der Waals surface area contributed by atoms with Crippen molar-refractivity contribution in [1.82, 2.24) is 15.7 Å². The molecule has 1 aromatic heterocycles. The number of aliphatic imine (C=N–C) groups is 1. The second kappa shape index (κ2) is 10.0. The van der Waals surface area contributed by atoms with Crippen LogP contribution < -0.4 is 10.2 Å². The van der Waals surface area contributed by atoms with Crippen LogP contribution in [0.4, 0.5) is 13.2 Å². The third-order valence-corrected chi connectivity index (χ3v) is 6.80. The molecule has 2 heterocycles. The number of nitrogens with one attached hydrogen (secondary N) is 1. The second-order valence-electron chi connectivity index (χ2n) is 7.79. The summed E-state index contributed by atoms with van der Waals surface area (Å²) in [4.78, 5) is 10.3. The lowest BCUT2D eigenvalue weighted by molar-refractivity contribution is -0.137. The van der Waals surface area contributed by atoms with E-state index in [1.807, 2.05) is 42.5 Å². The molecule has 0 radical (unpaired) electrons. The molecular formula is C23H19ClF3IN4O2. The Morgan fingerprint density at radius 3 is 2.71 bits per heavy atom. The van der Waals surface area contributed by atoms with Crippen LogP contribution in [0.3, 0.4) is 0 Å². The Bertz CT molecular complexity index is 1250. The van der Waals surface area contributed by atoms with Crippen molar-refractivity contribution in [2.75, 3.05) is 6.61 Å². The van der Waals surface area contributed by atoms with E-state index < -0.39 is 11.7 Å². The van der Waals surface area contributed by atoms with E-state index in [2.05, 4.69) is 27.8 Å². The van der Waals surface area contributed by atoms with Crippen molar-refractivity contribution in [3.05, 3.63) is 79.0 Å². The van der Waals surface area contributed by atoms with Crippen LogP contribution in [-0.4, -0.2) is 28.7 Å². The second-order valence-corrected chi connectivity index (χ2v) is 9.23. The smallest absolute Gasteiger partial charge is 0.416 e. The van der Waals surface area contributed by atoms with Crippen molar-refractivity contribution in [2.24, 2.45) is 4.99 Å². The van der Waals surface area contributed by atoms with Crippen LogP contribution in [0.25, 0.3) is 0 Å². The summed E-state index contributed by atoms with van der Waals surface area (Å²) >= 11 is 8.15. The van der Waals surface area contributed by atoms with Gasteiger partial charge in [-0.1, -0.05) is 41.4 Å². The number of alkyl halides is 3. The number of aryl methyl sites for hydroxylation is 2. The maximum absolute atomic E-state index is 13.1. The first-order valence-electron chi connectivity index (χ1n) is 10.2. The summed E-state index contributed by atoms with van der Waals surface area (Å²) in [5, 5.41) is 7.92. The van der Waals surface area contributed by atoms with Crippen LogP contribution >= 0.6 is 34.2 Å². The van der Waals surface area contributed by atoms with Crippen LogP contribution in [0.5, 0.6) is 11.6 Å². The van der Waals surface area contributed by atoms with Crippen molar-refractivity contribution in [1.29, 1.82) is 0 Å². The molecule has 178 valence electrons. The van der Waals surface area contributed by atoms with E-state index in [9.17, 15) is 13.2 Å². The lowest BCUT2D eigenvalue weighted by atomic mass is 9.99. The van der Waals surface area contributed by atoms with Gasteiger partial charge in [0, 0.05) is 0 Å². The number of nitrogens with zero attached hydrogens (tertiary/aromatic N) is 3. The van der Waals surface area contributed by atoms with Gasteiger partial charge in [0.2, 0.25) is 0 Å². The minimum absolute atomic E-state index is 0.0462.